The summed E-state index contributed by atoms with van der Waals surface area (Å²) in [6, 6.07) is 0. The van der Waals surface area contributed by atoms with Crippen molar-refractivity contribution < 1.29 is 9.47 Å². The summed E-state index contributed by atoms with van der Waals surface area (Å²) in [6.45, 7) is 4.42. The monoisotopic (exact) mass is 228 g/mol. The molecule has 1 fully saturated rings. The molecular formula is C14H28O2. The molecule has 1 aliphatic rings. The highest BCUT2D eigenvalue weighted by Gasteiger charge is 2.26. The van der Waals surface area contributed by atoms with E-state index >= 15 is 0 Å². The highest BCUT2D eigenvalue weighted by atomic mass is 16.7. The summed E-state index contributed by atoms with van der Waals surface area (Å²) in [6.07, 6.45) is 9.37. The average Bonchev–Trinajstić information content (AvgIpc) is 2.36. The Labute approximate surface area is 101 Å². The fourth-order valence-electron chi connectivity index (χ4n) is 2.72. The second-order valence-electron chi connectivity index (χ2n) is 5.46. The molecular weight excluding hydrogens is 200 g/mol. The van der Waals surface area contributed by atoms with Crippen molar-refractivity contribution in [2.75, 3.05) is 14.2 Å². The molecule has 0 spiro atoms. The summed E-state index contributed by atoms with van der Waals surface area (Å²) in [5, 5.41) is 0. The minimum absolute atomic E-state index is 0.386. The molecule has 1 aliphatic carbocycles. The Kier molecular flexibility index (Phi) is 5.77. The third-order valence-corrected chi connectivity index (χ3v) is 4.37. The van der Waals surface area contributed by atoms with Crippen molar-refractivity contribution in [1.82, 2.24) is 0 Å². The van der Waals surface area contributed by atoms with Crippen LogP contribution in [0, 0.1) is 11.8 Å². The van der Waals surface area contributed by atoms with Crippen LogP contribution in [-0.4, -0.2) is 20.0 Å². The van der Waals surface area contributed by atoms with Crippen LogP contribution in [0.4, 0.5) is 0 Å². The smallest absolute Gasteiger partial charge is 0.164 e. The van der Waals surface area contributed by atoms with Gasteiger partial charge in [-0.25, -0.2) is 0 Å². The molecule has 0 heterocycles. The van der Waals surface area contributed by atoms with E-state index in [1.165, 1.54) is 38.5 Å². The molecule has 96 valence electrons. The molecule has 0 aromatic carbocycles. The van der Waals surface area contributed by atoms with E-state index in [1.807, 2.05) is 6.92 Å². The minimum atomic E-state index is -0.386. The van der Waals surface area contributed by atoms with Crippen molar-refractivity contribution in [3.8, 4) is 0 Å². The molecule has 1 rings (SSSR count). The second-order valence-corrected chi connectivity index (χ2v) is 5.46. The Morgan fingerprint density at radius 1 is 1.12 bits per heavy atom. The molecule has 0 N–H and O–H groups in total. The molecule has 2 nitrogen and oxygen atoms in total. The van der Waals surface area contributed by atoms with Gasteiger partial charge in [0.15, 0.2) is 5.79 Å². The SMILES string of the molecule is COC(C)(CCC(C)C1CCCCC1)OC. The first-order valence-corrected chi connectivity index (χ1v) is 6.71. The number of ether oxygens (including phenoxy) is 2. The highest BCUT2D eigenvalue weighted by Crippen LogP contribution is 2.33. The molecule has 0 aromatic heterocycles. The first-order valence-electron chi connectivity index (χ1n) is 6.71. The van der Waals surface area contributed by atoms with E-state index in [4.69, 9.17) is 9.47 Å². The Balaban J connectivity index is 2.30. The summed E-state index contributed by atoms with van der Waals surface area (Å²) in [4.78, 5) is 0. The number of rotatable bonds is 6. The molecule has 0 radical (unpaired) electrons. The summed E-state index contributed by atoms with van der Waals surface area (Å²) in [5.41, 5.74) is 0. The standard InChI is InChI=1S/C14H28O2/c1-12(13-8-6-5-7-9-13)10-11-14(2,15-3)16-4/h12-13H,5-11H2,1-4H3. The fraction of sp³-hybridized carbons (Fsp3) is 1.00. The van der Waals surface area contributed by atoms with E-state index in [-0.39, 0.29) is 5.79 Å². The van der Waals surface area contributed by atoms with Gasteiger partial charge in [0.05, 0.1) is 0 Å². The van der Waals surface area contributed by atoms with Crippen LogP contribution in [0.1, 0.15) is 58.8 Å². The van der Waals surface area contributed by atoms with Crippen molar-refractivity contribution in [3.63, 3.8) is 0 Å². The van der Waals surface area contributed by atoms with Crippen molar-refractivity contribution in [2.24, 2.45) is 11.8 Å². The lowest BCUT2D eigenvalue weighted by Gasteiger charge is -2.31. The van der Waals surface area contributed by atoms with E-state index in [2.05, 4.69) is 6.92 Å². The summed E-state index contributed by atoms with van der Waals surface area (Å²) >= 11 is 0. The maximum Gasteiger partial charge on any atom is 0.164 e. The predicted octanol–water partition coefficient (Wildman–Crippen LogP) is 3.99. The van der Waals surface area contributed by atoms with Crippen LogP contribution in [0.3, 0.4) is 0 Å². The number of hydrogen-bond acceptors (Lipinski definition) is 2. The molecule has 1 saturated carbocycles. The van der Waals surface area contributed by atoms with Crippen molar-refractivity contribution >= 4 is 0 Å². The van der Waals surface area contributed by atoms with Crippen molar-refractivity contribution in [2.45, 2.75) is 64.6 Å². The lowest BCUT2D eigenvalue weighted by molar-refractivity contribution is -0.199. The van der Waals surface area contributed by atoms with Gasteiger partial charge in [-0.15, -0.1) is 0 Å². The third-order valence-electron chi connectivity index (χ3n) is 4.37. The fourth-order valence-corrected chi connectivity index (χ4v) is 2.72. The van der Waals surface area contributed by atoms with Gasteiger partial charge in [0.25, 0.3) is 0 Å². The summed E-state index contributed by atoms with van der Waals surface area (Å²) in [5.74, 6) is 1.36. The molecule has 0 bridgehead atoms. The third kappa shape index (κ3) is 4.06. The number of hydrogen-bond donors (Lipinski definition) is 0. The maximum atomic E-state index is 5.40. The van der Waals surface area contributed by atoms with Crippen LogP contribution in [0.15, 0.2) is 0 Å². The molecule has 0 aromatic rings. The van der Waals surface area contributed by atoms with Crippen molar-refractivity contribution in [3.05, 3.63) is 0 Å². The van der Waals surface area contributed by atoms with E-state index in [1.54, 1.807) is 14.2 Å². The first kappa shape index (κ1) is 14.0. The summed E-state index contributed by atoms with van der Waals surface area (Å²) in [7, 11) is 3.46. The lowest BCUT2D eigenvalue weighted by atomic mass is 9.78. The van der Waals surface area contributed by atoms with Gasteiger partial charge in [-0.05, 0) is 25.2 Å². The van der Waals surface area contributed by atoms with Gasteiger partial charge in [0.1, 0.15) is 0 Å². The minimum Gasteiger partial charge on any atom is -0.353 e. The van der Waals surface area contributed by atoms with Gasteiger partial charge < -0.3 is 9.47 Å². The van der Waals surface area contributed by atoms with E-state index < -0.39 is 0 Å². The Hall–Kier alpha value is -0.0800. The van der Waals surface area contributed by atoms with Gasteiger partial charge in [-0.3, -0.25) is 0 Å². The zero-order valence-corrected chi connectivity index (χ0v) is 11.4. The molecule has 2 heteroatoms. The molecule has 0 aliphatic heterocycles. The molecule has 1 unspecified atom stereocenters. The molecule has 16 heavy (non-hydrogen) atoms. The highest BCUT2D eigenvalue weighted by molar-refractivity contribution is 4.73. The summed E-state index contributed by atoms with van der Waals surface area (Å²) < 4.78 is 10.8. The van der Waals surface area contributed by atoms with Gasteiger partial charge in [-0.2, -0.15) is 0 Å². The Morgan fingerprint density at radius 2 is 1.69 bits per heavy atom. The molecule has 1 atom stereocenters. The normalized spacial score (nSPS) is 21.0. The van der Waals surface area contributed by atoms with Crippen molar-refractivity contribution in [1.29, 1.82) is 0 Å². The lowest BCUT2D eigenvalue weighted by Crippen LogP contribution is -2.30. The van der Waals surface area contributed by atoms with Crippen LogP contribution in [0.25, 0.3) is 0 Å². The second kappa shape index (κ2) is 6.61. The van der Waals surface area contributed by atoms with Gasteiger partial charge in [0, 0.05) is 20.6 Å². The van der Waals surface area contributed by atoms with Crippen LogP contribution < -0.4 is 0 Å². The Bertz CT molecular complexity index is 181. The van der Waals surface area contributed by atoms with Crippen LogP contribution in [0.2, 0.25) is 0 Å². The van der Waals surface area contributed by atoms with Crippen LogP contribution >= 0.6 is 0 Å². The predicted molar refractivity (Wildman–Crippen MR) is 67.4 cm³/mol. The maximum absolute atomic E-state index is 5.40. The molecule has 0 saturated heterocycles. The van der Waals surface area contributed by atoms with E-state index in [0.717, 1.165) is 18.3 Å². The van der Waals surface area contributed by atoms with E-state index in [9.17, 15) is 0 Å². The van der Waals surface area contributed by atoms with E-state index in [0.29, 0.717) is 0 Å². The zero-order valence-electron chi connectivity index (χ0n) is 11.4. The van der Waals surface area contributed by atoms with Crippen LogP contribution in [0.5, 0.6) is 0 Å². The topological polar surface area (TPSA) is 18.5 Å². The largest absolute Gasteiger partial charge is 0.353 e. The van der Waals surface area contributed by atoms with Crippen LogP contribution in [-0.2, 0) is 9.47 Å². The number of methoxy groups -OCH3 is 2. The quantitative estimate of drug-likeness (QED) is 0.640. The zero-order chi connectivity index (χ0) is 12.0. The Morgan fingerprint density at radius 3 is 2.19 bits per heavy atom. The van der Waals surface area contributed by atoms with Gasteiger partial charge >= 0.3 is 0 Å². The van der Waals surface area contributed by atoms with Gasteiger partial charge in [0.2, 0.25) is 0 Å². The molecule has 0 amide bonds. The average molecular weight is 228 g/mol. The van der Waals surface area contributed by atoms with Gasteiger partial charge in [-0.1, -0.05) is 39.0 Å². The first-order chi connectivity index (χ1) is 7.61.